The van der Waals surface area contributed by atoms with Crippen LogP contribution in [0.2, 0.25) is 0 Å². The Balaban J connectivity index is 2.94. The van der Waals surface area contributed by atoms with Crippen LogP contribution >= 0.6 is 0 Å². The lowest BCUT2D eigenvalue weighted by molar-refractivity contribution is 0.673. The fraction of sp³-hybridized carbons (Fsp3) is 0.636. The zero-order valence-corrected chi connectivity index (χ0v) is 7.60. The molecule has 0 aromatic heterocycles. The molecule has 0 rings (SSSR count). The summed E-state index contributed by atoms with van der Waals surface area (Å²) in [6.45, 7) is 5.86. The summed E-state index contributed by atoms with van der Waals surface area (Å²) in [4.78, 5) is 0. The lowest BCUT2D eigenvalue weighted by Crippen LogP contribution is -1.73. The van der Waals surface area contributed by atoms with E-state index < -0.39 is 0 Å². The first-order valence-electron chi connectivity index (χ1n) is 4.57. The molecule has 0 fully saturated rings. The monoisotopic (exact) mass is 151 g/mol. The molecule has 0 atom stereocenters. The minimum absolute atomic E-state index is 0.897. The van der Waals surface area contributed by atoms with Crippen molar-refractivity contribution in [3.8, 4) is 0 Å². The minimum Gasteiger partial charge on any atom is -0.103 e. The van der Waals surface area contributed by atoms with Gasteiger partial charge in [0.25, 0.3) is 0 Å². The molecule has 63 valence electrons. The molecule has 0 saturated heterocycles. The van der Waals surface area contributed by atoms with E-state index in [4.69, 9.17) is 0 Å². The van der Waals surface area contributed by atoms with E-state index in [0.717, 1.165) is 6.42 Å². The van der Waals surface area contributed by atoms with Crippen molar-refractivity contribution >= 4 is 0 Å². The summed E-state index contributed by atoms with van der Waals surface area (Å²) >= 11 is 0. The van der Waals surface area contributed by atoms with Crippen molar-refractivity contribution in [2.45, 2.75) is 45.4 Å². The second kappa shape index (κ2) is 9.48. The summed E-state index contributed by atoms with van der Waals surface area (Å²) in [5.74, 6) is 0. The highest BCUT2D eigenvalue weighted by Crippen LogP contribution is 2.02. The van der Waals surface area contributed by atoms with E-state index in [1.165, 1.54) is 32.1 Å². The SMILES string of the molecule is C=CC/[C]=C/CCCCCC. The highest BCUT2D eigenvalue weighted by atomic mass is 13.9. The Hall–Kier alpha value is -0.520. The second-order valence-electron chi connectivity index (χ2n) is 2.75. The van der Waals surface area contributed by atoms with E-state index >= 15 is 0 Å². The third kappa shape index (κ3) is 9.48. The maximum absolute atomic E-state index is 3.63. The molecule has 0 N–H and O–H groups in total. The van der Waals surface area contributed by atoms with Gasteiger partial charge < -0.3 is 0 Å². The molecule has 0 heterocycles. The Bertz CT molecular complexity index is 101. The Kier molecular flexibility index (Phi) is 9.03. The van der Waals surface area contributed by atoms with E-state index in [1.54, 1.807) is 0 Å². The average Bonchev–Trinajstić information content (AvgIpc) is 2.03. The van der Waals surface area contributed by atoms with Gasteiger partial charge in [-0.3, -0.25) is 0 Å². The number of hydrogen-bond donors (Lipinski definition) is 0. The van der Waals surface area contributed by atoms with Crippen molar-refractivity contribution in [2.24, 2.45) is 0 Å². The molecular weight excluding hydrogens is 132 g/mol. The predicted octanol–water partition coefficient (Wildman–Crippen LogP) is 3.89. The standard InChI is InChI=1S/C11H19/c1-3-5-7-9-11-10-8-6-4-2/h3,9H,1,4-6,8,10-11H2,2H3. The summed E-state index contributed by atoms with van der Waals surface area (Å²) in [5.41, 5.74) is 0. The molecule has 0 nitrogen and oxygen atoms in total. The van der Waals surface area contributed by atoms with Gasteiger partial charge in [0.2, 0.25) is 0 Å². The van der Waals surface area contributed by atoms with Crippen LogP contribution in [0.4, 0.5) is 0 Å². The third-order valence-corrected chi connectivity index (χ3v) is 1.61. The molecule has 0 saturated carbocycles. The minimum atomic E-state index is 0.897. The van der Waals surface area contributed by atoms with Crippen molar-refractivity contribution in [1.29, 1.82) is 0 Å². The normalized spacial score (nSPS) is 10.6. The molecule has 0 aliphatic carbocycles. The van der Waals surface area contributed by atoms with Crippen molar-refractivity contribution in [3.05, 3.63) is 24.8 Å². The molecule has 0 heteroatoms. The molecule has 0 amide bonds. The number of unbranched alkanes of at least 4 members (excludes halogenated alkanes) is 4. The summed E-state index contributed by atoms with van der Waals surface area (Å²) in [5, 5.41) is 0. The first-order chi connectivity index (χ1) is 5.41. The summed E-state index contributed by atoms with van der Waals surface area (Å²) in [6.07, 6.45) is 14.6. The quantitative estimate of drug-likeness (QED) is 0.382. The Morgan fingerprint density at radius 3 is 2.73 bits per heavy atom. The maximum atomic E-state index is 3.63. The van der Waals surface area contributed by atoms with Gasteiger partial charge in [-0.2, -0.15) is 0 Å². The largest absolute Gasteiger partial charge is 0.103 e. The Labute approximate surface area is 71.0 Å². The molecular formula is C11H19. The molecule has 0 aromatic rings. The Morgan fingerprint density at radius 2 is 2.09 bits per heavy atom. The lowest BCUT2D eigenvalue weighted by atomic mass is 10.1. The molecule has 0 aliphatic heterocycles. The van der Waals surface area contributed by atoms with Gasteiger partial charge in [-0.1, -0.05) is 38.3 Å². The predicted molar refractivity (Wildman–Crippen MR) is 51.4 cm³/mol. The van der Waals surface area contributed by atoms with Crippen LogP contribution in [0, 0.1) is 6.08 Å². The van der Waals surface area contributed by atoms with Crippen LogP contribution in [0.5, 0.6) is 0 Å². The van der Waals surface area contributed by atoms with Gasteiger partial charge in [-0.15, -0.1) is 6.58 Å². The van der Waals surface area contributed by atoms with Gasteiger partial charge in [-0.25, -0.2) is 0 Å². The van der Waals surface area contributed by atoms with Crippen molar-refractivity contribution in [3.63, 3.8) is 0 Å². The summed E-state index contributed by atoms with van der Waals surface area (Å²) in [7, 11) is 0. The van der Waals surface area contributed by atoms with E-state index in [1.807, 2.05) is 6.08 Å². The molecule has 0 unspecified atom stereocenters. The van der Waals surface area contributed by atoms with Gasteiger partial charge in [0.05, 0.1) is 0 Å². The van der Waals surface area contributed by atoms with E-state index in [-0.39, 0.29) is 0 Å². The summed E-state index contributed by atoms with van der Waals surface area (Å²) in [6, 6.07) is 0. The number of hydrogen-bond acceptors (Lipinski definition) is 0. The van der Waals surface area contributed by atoms with Gasteiger partial charge in [0, 0.05) is 0 Å². The first-order valence-corrected chi connectivity index (χ1v) is 4.57. The molecule has 0 spiro atoms. The molecule has 0 aromatic carbocycles. The fourth-order valence-corrected chi connectivity index (χ4v) is 0.942. The second-order valence-corrected chi connectivity index (χ2v) is 2.75. The van der Waals surface area contributed by atoms with E-state index in [9.17, 15) is 0 Å². The van der Waals surface area contributed by atoms with Crippen molar-refractivity contribution in [1.82, 2.24) is 0 Å². The highest BCUT2D eigenvalue weighted by molar-refractivity contribution is 4.80. The van der Waals surface area contributed by atoms with Crippen molar-refractivity contribution in [2.75, 3.05) is 0 Å². The van der Waals surface area contributed by atoms with Gasteiger partial charge >= 0.3 is 0 Å². The Morgan fingerprint density at radius 1 is 1.27 bits per heavy atom. The van der Waals surface area contributed by atoms with Crippen LogP contribution in [0.3, 0.4) is 0 Å². The molecule has 0 bridgehead atoms. The molecule has 0 aliphatic rings. The van der Waals surface area contributed by atoms with Crippen LogP contribution in [0.1, 0.15) is 45.4 Å². The van der Waals surface area contributed by atoms with E-state index in [2.05, 4.69) is 25.7 Å². The van der Waals surface area contributed by atoms with Crippen LogP contribution < -0.4 is 0 Å². The average molecular weight is 151 g/mol. The number of rotatable bonds is 7. The maximum Gasteiger partial charge on any atom is -0.0101 e. The third-order valence-electron chi connectivity index (χ3n) is 1.61. The highest BCUT2D eigenvalue weighted by Gasteiger charge is 1.83. The van der Waals surface area contributed by atoms with E-state index in [0.29, 0.717) is 0 Å². The zero-order chi connectivity index (χ0) is 8.36. The lowest BCUT2D eigenvalue weighted by Gasteiger charge is -1.92. The van der Waals surface area contributed by atoms with Crippen LogP contribution in [0.25, 0.3) is 0 Å². The molecule has 1 radical (unpaired) electrons. The zero-order valence-electron chi connectivity index (χ0n) is 7.60. The number of allylic oxidation sites excluding steroid dienone is 3. The van der Waals surface area contributed by atoms with Crippen LogP contribution in [-0.2, 0) is 0 Å². The molecule has 11 heavy (non-hydrogen) atoms. The summed E-state index contributed by atoms with van der Waals surface area (Å²) < 4.78 is 0. The fourth-order valence-electron chi connectivity index (χ4n) is 0.942. The first kappa shape index (κ1) is 10.5. The smallest absolute Gasteiger partial charge is 0.0101 e. The van der Waals surface area contributed by atoms with Gasteiger partial charge in [-0.05, 0) is 25.3 Å². The van der Waals surface area contributed by atoms with Crippen LogP contribution in [0.15, 0.2) is 18.7 Å². The topological polar surface area (TPSA) is 0 Å². The van der Waals surface area contributed by atoms with Gasteiger partial charge in [0.15, 0.2) is 0 Å². The van der Waals surface area contributed by atoms with Crippen molar-refractivity contribution < 1.29 is 0 Å². The van der Waals surface area contributed by atoms with Gasteiger partial charge in [0.1, 0.15) is 0 Å². The van der Waals surface area contributed by atoms with Crippen LogP contribution in [-0.4, -0.2) is 0 Å².